The van der Waals surface area contributed by atoms with E-state index < -0.39 is 5.91 Å². The summed E-state index contributed by atoms with van der Waals surface area (Å²) in [6.45, 7) is 1.99. The van der Waals surface area contributed by atoms with Crippen LogP contribution in [0.5, 0.6) is 5.75 Å². The van der Waals surface area contributed by atoms with Gasteiger partial charge in [0.1, 0.15) is 11.4 Å². The maximum Gasteiger partial charge on any atom is 0.269 e. The average molecular weight is 316 g/mol. The molecule has 0 bridgehead atoms. The van der Waals surface area contributed by atoms with Crippen molar-refractivity contribution in [1.29, 1.82) is 0 Å². The summed E-state index contributed by atoms with van der Waals surface area (Å²) in [5.41, 5.74) is 6.96. The summed E-state index contributed by atoms with van der Waals surface area (Å²) in [6, 6.07) is 6.85. The molecule has 2 amide bonds. The minimum Gasteiger partial charge on any atom is -0.496 e. The number of aryl methyl sites for hydroxylation is 2. The molecule has 23 heavy (non-hydrogen) atoms. The summed E-state index contributed by atoms with van der Waals surface area (Å²) in [6.07, 6.45) is 1.45. The summed E-state index contributed by atoms with van der Waals surface area (Å²) >= 11 is 0. The Morgan fingerprint density at radius 2 is 2.04 bits per heavy atom. The number of methoxy groups -OCH3 is 1. The Morgan fingerprint density at radius 1 is 1.35 bits per heavy atom. The fourth-order valence-corrected chi connectivity index (χ4v) is 2.42. The molecule has 0 unspecified atom stereocenters. The van der Waals surface area contributed by atoms with Crippen LogP contribution in [0.4, 0.5) is 5.69 Å². The van der Waals surface area contributed by atoms with E-state index in [-0.39, 0.29) is 11.6 Å². The highest BCUT2D eigenvalue weighted by Gasteiger charge is 2.23. The molecule has 2 aromatic rings. The number of primary amides is 1. The first-order chi connectivity index (χ1) is 11.0. The van der Waals surface area contributed by atoms with Gasteiger partial charge in [-0.15, -0.1) is 0 Å². The van der Waals surface area contributed by atoms with Crippen LogP contribution < -0.4 is 15.8 Å². The van der Waals surface area contributed by atoms with Crippen molar-refractivity contribution in [2.75, 3.05) is 12.4 Å². The molecule has 0 aliphatic heterocycles. The van der Waals surface area contributed by atoms with Crippen molar-refractivity contribution in [2.45, 2.75) is 19.8 Å². The number of carbonyl (C=O) groups excluding carboxylic acids is 2. The van der Waals surface area contributed by atoms with Crippen LogP contribution in [0.1, 0.15) is 39.9 Å². The fraction of sp³-hybridized carbons (Fsp3) is 0.312. The molecule has 2 rings (SSSR count). The molecule has 0 aliphatic rings. The summed E-state index contributed by atoms with van der Waals surface area (Å²) in [5, 5.41) is 7.03. The van der Waals surface area contributed by atoms with Gasteiger partial charge in [0.25, 0.3) is 11.8 Å². The van der Waals surface area contributed by atoms with Crippen LogP contribution in [0.3, 0.4) is 0 Å². The lowest BCUT2D eigenvalue weighted by Gasteiger charge is -2.10. The van der Waals surface area contributed by atoms with Crippen molar-refractivity contribution in [3.8, 4) is 5.75 Å². The van der Waals surface area contributed by atoms with Gasteiger partial charge in [-0.3, -0.25) is 14.3 Å². The fourth-order valence-electron chi connectivity index (χ4n) is 2.42. The second-order valence-electron chi connectivity index (χ2n) is 5.06. The zero-order valence-electron chi connectivity index (χ0n) is 13.4. The summed E-state index contributed by atoms with van der Waals surface area (Å²) < 4.78 is 6.59. The third-order valence-electron chi connectivity index (χ3n) is 3.43. The van der Waals surface area contributed by atoms with Gasteiger partial charge >= 0.3 is 0 Å². The van der Waals surface area contributed by atoms with E-state index in [9.17, 15) is 9.59 Å². The number of hydrogen-bond acceptors (Lipinski definition) is 4. The molecule has 0 radical (unpaired) electrons. The SMILES string of the molecule is CCCc1nn(C)c(C(N)=O)c1NC(=O)c1ccccc1OC. The molecule has 0 fully saturated rings. The number of amides is 2. The van der Waals surface area contributed by atoms with Gasteiger partial charge in [-0.1, -0.05) is 25.5 Å². The molecule has 0 spiro atoms. The number of hydrogen-bond donors (Lipinski definition) is 2. The number of carbonyl (C=O) groups is 2. The minimum absolute atomic E-state index is 0.177. The number of nitrogens with zero attached hydrogens (tertiary/aromatic N) is 2. The Kier molecular flexibility index (Phi) is 5.00. The first-order valence-corrected chi connectivity index (χ1v) is 7.29. The van der Waals surface area contributed by atoms with Gasteiger partial charge in [0.2, 0.25) is 0 Å². The minimum atomic E-state index is -0.641. The molecule has 7 heteroatoms. The van der Waals surface area contributed by atoms with Crippen molar-refractivity contribution in [2.24, 2.45) is 12.8 Å². The maximum atomic E-state index is 12.6. The van der Waals surface area contributed by atoms with E-state index in [4.69, 9.17) is 10.5 Å². The van der Waals surface area contributed by atoms with Gasteiger partial charge in [-0.05, 0) is 18.6 Å². The lowest BCUT2D eigenvalue weighted by Crippen LogP contribution is -2.20. The number of nitrogens with one attached hydrogen (secondary N) is 1. The van der Waals surface area contributed by atoms with Gasteiger partial charge in [-0.2, -0.15) is 5.10 Å². The van der Waals surface area contributed by atoms with Gasteiger partial charge in [0, 0.05) is 7.05 Å². The Morgan fingerprint density at radius 3 is 2.65 bits per heavy atom. The highest BCUT2D eigenvalue weighted by molar-refractivity contribution is 6.09. The summed E-state index contributed by atoms with van der Waals surface area (Å²) in [7, 11) is 3.12. The average Bonchev–Trinajstić information content (AvgIpc) is 2.83. The number of ether oxygens (including phenoxy) is 1. The van der Waals surface area contributed by atoms with Crippen molar-refractivity contribution in [3.05, 3.63) is 41.2 Å². The number of rotatable bonds is 6. The number of anilines is 1. The van der Waals surface area contributed by atoms with Gasteiger partial charge in [0.05, 0.1) is 24.1 Å². The Bertz CT molecular complexity index is 737. The normalized spacial score (nSPS) is 10.4. The number of benzene rings is 1. The zero-order valence-corrected chi connectivity index (χ0v) is 13.4. The Labute approximate surface area is 134 Å². The van der Waals surface area contributed by atoms with Crippen molar-refractivity contribution < 1.29 is 14.3 Å². The Balaban J connectivity index is 2.42. The molecule has 122 valence electrons. The van der Waals surface area contributed by atoms with E-state index in [0.717, 1.165) is 6.42 Å². The molecular weight excluding hydrogens is 296 g/mol. The first kappa shape index (κ1) is 16.5. The monoisotopic (exact) mass is 316 g/mol. The lowest BCUT2D eigenvalue weighted by atomic mass is 10.1. The zero-order chi connectivity index (χ0) is 17.0. The number of para-hydroxylation sites is 1. The molecule has 0 atom stereocenters. The highest BCUT2D eigenvalue weighted by atomic mass is 16.5. The smallest absolute Gasteiger partial charge is 0.269 e. The summed E-state index contributed by atoms with van der Waals surface area (Å²) in [4.78, 5) is 24.2. The largest absolute Gasteiger partial charge is 0.496 e. The van der Waals surface area contributed by atoms with E-state index in [1.54, 1.807) is 31.3 Å². The third-order valence-corrected chi connectivity index (χ3v) is 3.43. The molecule has 0 aliphatic carbocycles. The second kappa shape index (κ2) is 6.95. The van der Waals surface area contributed by atoms with Crippen molar-refractivity contribution >= 4 is 17.5 Å². The highest BCUT2D eigenvalue weighted by Crippen LogP contribution is 2.24. The maximum absolute atomic E-state index is 12.6. The molecule has 0 saturated carbocycles. The predicted molar refractivity (Wildman–Crippen MR) is 86.7 cm³/mol. The van der Waals surface area contributed by atoms with Crippen LogP contribution >= 0.6 is 0 Å². The van der Waals surface area contributed by atoms with E-state index in [1.165, 1.54) is 11.8 Å². The molecule has 3 N–H and O–H groups in total. The van der Waals surface area contributed by atoms with Crippen LogP contribution in [0.15, 0.2) is 24.3 Å². The van der Waals surface area contributed by atoms with Crippen molar-refractivity contribution in [1.82, 2.24) is 9.78 Å². The molecule has 1 aromatic carbocycles. The van der Waals surface area contributed by atoms with E-state index >= 15 is 0 Å². The molecule has 1 aromatic heterocycles. The van der Waals surface area contributed by atoms with Gasteiger partial charge in [-0.25, -0.2) is 0 Å². The summed E-state index contributed by atoms with van der Waals surface area (Å²) in [5.74, 6) is -0.570. The first-order valence-electron chi connectivity index (χ1n) is 7.29. The third kappa shape index (κ3) is 3.33. The van der Waals surface area contributed by atoms with Crippen LogP contribution in [0.25, 0.3) is 0 Å². The van der Waals surface area contributed by atoms with Gasteiger partial charge in [0.15, 0.2) is 0 Å². The molecule has 7 nitrogen and oxygen atoms in total. The lowest BCUT2D eigenvalue weighted by molar-refractivity contribution is 0.0992. The van der Waals surface area contributed by atoms with Gasteiger partial charge < -0.3 is 15.8 Å². The molecular formula is C16H20N4O3. The van der Waals surface area contributed by atoms with E-state index in [2.05, 4.69) is 10.4 Å². The molecule has 1 heterocycles. The van der Waals surface area contributed by atoms with Crippen LogP contribution in [-0.2, 0) is 13.5 Å². The van der Waals surface area contributed by atoms with Crippen LogP contribution in [-0.4, -0.2) is 28.7 Å². The van der Waals surface area contributed by atoms with E-state index in [0.29, 0.717) is 29.1 Å². The molecule has 0 saturated heterocycles. The van der Waals surface area contributed by atoms with Crippen molar-refractivity contribution in [3.63, 3.8) is 0 Å². The Hall–Kier alpha value is -2.83. The second-order valence-corrected chi connectivity index (χ2v) is 5.06. The van der Waals surface area contributed by atoms with Crippen LogP contribution in [0.2, 0.25) is 0 Å². The number of aromatic nitrogens is 2. The predicted octanol–water partition coefficient (Wildman–Crippen LogP) is 1.73. The van der Waals surface area contributed by atoms with Crippen LogP contribution in [0, 0.1) is 0 Å². The van der Waals surface area contributed by atoms with E-state index in [1.807, 2.05) is 6.92 Å². The topological polar surface area (TPSA) is 99.2 Å². The quantitative estimate of drug-likeness (QED) is 0.847. The number of nitrogens with two attached hydrogens (primary N) is 1. The standard InChI is InChI=1S/C16H20N4O3/c1-4-7-11-13(14(15(17)21)20(2)19-11)18-16(22)10-8-5-6-9-12(10)23-3/h5-6,8-9H,4,7H2,1-3H3,(H2,17,21)(H,18,22).